The summed E-state index contributed by atoms with van der Waals surface area (Å²) < 4.78 is 4.97. The van der Waals surface area contributed by atoms with Gasteiger partial charge in [-0.1, -0.05) is 30.3 Å². The molecule has 1 rings (SSSR count). The van der Waals surface area contributed by atoms with E-state index in [1.165, 1.54) is 0 Å². The second kappa shape index (κ2) is 8.05. The Morgan fingerprint density at radius 3 is 2.67 bits per heavy atom. The summed E-state index contributed by atoms with van der Waals surface area (Å²) in [4.78, 5) is 20.9. The Hall–Kier alpha value is -2.11. The molecule has 0 saturated heterocycles. The minimum Gasteiger partial charge on any atom is -0.445 e. The summed E-state index contributed by atoms with van der Waals surface area (Å²) in [6.45, 7) is 0.545. The van der Waals surface area contributed by atoms with Crippen LogP contribution in [0.1, 0.15) is 18.4 Å². The third-order valence-corrected chi connectivity index (χ3v) is 2.25. The van der Waals surface area contributed by atoms with Crippen LogP contribution in [0.25, 0.3) is 0 Å². The van der Waals surface area contributed by atoms with Gasteiger partial charge in [0.1, 0.15) is 6.61 Å². The van der Waals surface area contributed by atoms with Crippen LogP contribution < -0.4 is 5.32 Å². The SMILES string of the molecule is O=C(NCCCC[N+](=O)[O-])OCc1ccccc1. The Morgan fingerprint density at radius 2 is 2.00 bits per heavy atom. The molecule has 0 aliphatic carbocycles. The maximum absolute atomic E-state index is 11.2. The average molecular weight is 252 g/mol. The van der Waals surface area contributed by atoms with Crippen LogP contribution >= 0.6 is 0 Å². The second-order valence-corrected chi connectivity index (χ2v) is 3.75. The fraction of sp³-hybridized carbons (Fsp3) is 0.417. The maximum atomic E-state index is 11.2. The van der Waals surface area contributed by atoms with E-state index in [1.54, 1.807) is 0 Å². The minimum atomic E-state index is -0.500. The van der Waals surface area contributed by atoms with Crippen LogP contribution in [0.15, 0.2) is 30.3 Å². The van der Waals surface area contributed by atoms with Crippen LogP contribution in [0.5, 0.6) is 0 Å². The highest BCUT2D eigenvalue weighted by atomic mass is 16.6. The van der Waals surface area contributed by atoms with Crippen LogP contribution in [-0.4, -0.2) is 24.1 Å². The van der Waals surface area contributed by atoms with Gasteiger partial charge in [-0.25, -0.2) is 4.79 Å². The van der Waals surface area contributed by atoms with Crippen LogP contribution in [0.3, 0.4) is 0 Å². The summed E-state index contributed by atoms with van der Waals surface area (Å²) in [5.74, 6) is 0. The molecule has 0 radical (unpaired) electrons. The Labute approximate surface area is 105 Å². The molecule has 1 N–H and O–H groups in total. The molecule has 1 aromatic carbocycles. The predicted molar refractivity (Wildman–Crippen MR) is 65.7 cm³/mol. The van der Waals surface area contributed by atoms with E-state index in [1.807, 2.05) is 30.3 Å². The van der Waals surface area contributed by atoms with Crippen molar-refractivity contribution >= 4 is 6.09 Å². The molecule has 18 heavy (non-hydrogen) atoms. The van der Waals surface area contributed by atoms with Crippen molar-refractivity contribution in [1.29, 1.82) is 0 Å². The van der Waals surface area contributed by atoms with E-state index in [0.717, 1.165) is 5.56 Å². The Balaban J connectivity index is 2.06. The molecular weight excluding hydrogens is 236 g/mol. The van der Waals surface area contributed by atoms with E-state index in [9.17, 15) is 14.9 Å². The van der Waals surface area contributed by atoms with Crippen molar-refractivity contribution in [2.75, 3.05) is 13.1 Å². The number of unbranched alkanes of at least 4 members (excludes halogenated alkanes) is 1. The molecule has 0 aromatic heterocycles. The zero-order valence-corrected chi connectivity index (χ0v) is 10.0. The minimum absolute atomic E-state index is 0.0687. The number of benzene rings is 1. The summed E-state index contributed by atoms with van der Waals surface area (Å²) >= 11 is 0. The van der Waals surface area contributed by atoms with Crippen molar-refractivity contribution in [3.05, 3.63) is 46.0 Å². The van der Waals surface area contributed by atoms with Crippen LogP contribution in [0.2, 0.25) is 0 Å². The van der Waals surface area contributed by atoms with Gasteiger partial charge in [0.25, 0.3) is 0 Å². The fourth-order valence-corrected chi connectivity index (χ4v) is 1.33. The van der Waals surface area contributed by atoms with E-state index in [2.05, 4.69) is 5.32 Å². The van der Waals surface area contributed by atoms with E-state index in [4.69, 9.17) is 4.74 Å². The zero-order chi connectivity index (χ0) is 13.2. The third kappa shape index (κ3) is 6.47. The second-order valence-electron chi connectivity index (χ2n) is 3.75. The van der Waals surface area contributed by atoms with Gasteiger partial charge in [0, 0.05) is 17.9 Å². The van der Waals surface area contributed by atoms with E-state index in [-0.39, 0.29) is 18.1 Å². The van der Waals surface area contributed by atoms with Crippen molar-refractivity contribution in [3.8, 4) is 0 Å². The molecule has 0 aliphatic heterocycles. The highest BCUT2D eigenvalue weighted by Crippen LogP contribution is 2.00. The number of hydrogen-bond acceptors (Lipinski definition) is 4. The van der Waals surface area contributed by atoms with Gasteiger partial charge in [-0.2, -0.15) is 0 Å². The van der Waals surface area contributed by atoms with Crippen molar-refractivity contribution in [2.45, 2.75) is 19.4 Å². The first-order chi connectivity index (χ1) is 8.68. The van der Waals surface area contributed by atoms with Gasteiger partial charge in [-0.05, 0) is 12.0 Å². The molecular formula is C12H16N2O4. The number of nitro groups is 1. The highest BCUT2D eigenvalue weighted by molar-refractivity contribution is 5.67. The van der Waals surface area contributed by atoms with Crippen molar-refractivity contribution in [3.63, 3.8) is 0 Å². The summed E-state index contributed by atoms with van der Waals surface area (Å²) in [5.41, 5.74) is 0.918. The molecule has 98 valence electrons. The largest absolute Gasteiger partial charge is 0.445 e. The number of carbonyl (C=O) groups is 1. The highest BCUT2D eigenvalue weighted by Gasteiger charge is 2.02. The Kier molecular flexibility index (Phi) is 6.24. The summed E-state index contributed by atoms with van der Waals surface area (Å²) in [5, 5.41) is 12.6. The Bertz CT molecular complexity index is 381. The summed E-state index contributed by atoms with van der Waals surface area (Å²) in [6, 6.07) is 9.36. The van der Waals surface area contributed by atoms with Gasteiger partial charge in [-0.3, -0.25) is 10.1 Å². The zero-order valence-electron chi connectivity index (χ0n) is 10.0. The molecule has 0 fully saturated rings. The molecule has 0 spiro atoms. The molecule has 1 aromatic rings. The Morgan fingerprint density at radius 1 is 1.28 bits per heavy atom. The average Bonchev–Trinajstić information content (AvgIpc) is 2.37. The number of hydrogen-bond donors (Lipinski definition) is 1. The van der Waals surface area contributed by atoms with Gasteiger partial charge >= 0.3 is 6.09 Å². The monoisotopic (exact) mass is 252 g/mol. The molecule has 0 bridgehead atoms. The summed E-state index contributed by atoms with van der Waals surface area (Å²) in [7, 11) is 0. The fourth-order valence-electron chi connectivity index (χ4n) is 1.33. The normalized spacial score (nSPS) is 9.78. The first-order valence-corrected chi connectivity index (χ1v) is 5.75. The molecule has 0 atom stereocenters. The first kappa shape index (κ1) is 14.0. The molecule has 6 heteroatoms. The third-order valence-electron chi connectivity index (χ3n) is 2.25. The molecule has 0 aliphatic rings. The lowest BCUT2D eigenvalue weighted by atomic mass is 10.2. The van der Waals surface area contributed by atoms with Gasteiger partial charge in [0.15, 0.2) is 0 Å². The first-order valence-electron chi connectivity index (χ1n) is 5.75. The maximum Gasteiger partial charge on any atom is 0.407 e. The number of amides is 1. The van der Waals surface area contributed by atoms with Crippen molar-refractivity contribution in [2.24, 2.45) is 0 Å². The van der Waals surface area contributed by atoms with Crippen molar-refractivity contribution in [1.82, 2.24) is 5.32 Å². The van der Waals surface area contributed by atoms with Gasteiger partial charge in [0.2, 0.25) is 6.54 Å². The predicted octanol–water partition coefficient (Wildman–Crippen LogP) is 1.97. The number of nitrogens with one attached hydrogen (secondary N) is 1. The lowest BCUT2D eigenvalue weighted by Gasteiger charge is -2.06. The topological polar surface area (TPSA) is 81.5 Å². The molecule has 1 amide bonds. The van der Waals surface area contributed by atoms with Gasteiger partial charge in [-0.15, -0.1) is 0 Å². The van der Waals surface area contributed by atoms with Gasteiger partial charge in [0.05, 0.1) is 0 Å². The van der Waals surface area contributed by atoms with Crippen LogP contribution in [-0.2, 0) is 11.3 Å². The molecule has 6 nitrogen and oxygen atoms in total. The van der Waals surface area contributed by atoms with Crippen LogP contribution in [0, 0.1) is 10.1 Å². The van der Waals surface area contributed by atoms with Gasteiger partial charge < -0.3 is 10.1 Å². The van der Waals surface area contributed by atoms with E-state index >= 15 is 0 Å². The quantitative estimate of drug-likeness (QED) is 0.457. The standard InChI is InChI=1S/C12H16N2O4/c15-12(13-8-4-5-9-14(16)17)18-10-11-6-2-1-3-7-11/h1-3,6-7H,4-5,8-10H2,(H,13,15). The smallest absolute Gasteiger partial charge is 0.407 e. The lowest BCUT2D eigenvalue weighted by Crippen LogP contribution is -2.25. The van der Waals surface area contributed by atoms with Crippen molar-refractivity contribution < 1.29 is 14.5 Å². The van der Waals surface area contributed by atoms with Crippen LogP contribution in [0.4, 0.5) is 4.79 Å². The lowest BCUT2D eigenvalue weighted by molar-refractivity contribution is -0.480. The number of nitrogens with zero attached hydrogens (tertiary/aromatic N) is 1. The molecule has 0 heterocycles. The molecule has 0 unspecified atom stereocenters. The van der Waals surface area contributed by atoms with E-state index in [0.29, 0.717) is 19.4 Å². The number of rotatable bonds is 7. The molecule has 0 saturated carbocycles. The van der Waals surface area contributed by atoms with E-state index < -0.39 is 6.09 Å². The number of carbonyl (C=O) groups excluding carboxylic acids is 1. The number of ether oxygens (including phenoxy) is 1. The summed E-state index contributed by atoms with van der Waals surface area (Å²) in [6.07, 6.45) is 0.521. The number of alkyl carbamates (subject to hydrolysis) is 1.